The zero-order valence-electron chi connectivity index (χ0n) is 17.4. The normalized spacial score (nSPS) is 18.5. The molecule has 30 heavy (non-hydrogen) atoms. The van der Waals surface area contributed by atoms with E-state index in [2.05, 4.69) is 5.32 Å². The Bertz CT molecular complexity index is 1010. The highest BCUT2D eigenvalue weighted by Crippen LogP contribution is 2.43. The third-order valence-electron chi connectivity index (χ3n) is 5.22. The molecule has 3 rings (SSSR count). The molecule has 156 valence electrons. The average molecular weight is 426 g/mol. The van der Waals surface area contributed by atoms with Gasteiger partial charge in [0.2, 0.25) is 0 Å². The number of methoxy groups -OCH3 is 2. The summed E-state index contributed by atoms with van der Waals surface area (Å²) in [7, 11) is 2.67. The SMILES string of the molecule is COC(=O)C1=C(Nc2ccc(C)cc2)C=C(C)[C@@H](C(=O)OC)[C@@H]1c1ccc(Cl)cc1. The first-order valence-corrected chi connectivity index (χ1v) is 9.91. The van der Waals surface area contributed by atoms with Crippen LogP contribution in [-0.4, -0.2) is 26.2 Å². The van der Waals surface area contributed by atoms with Gasteiger partial charge in [-0.15, -0.1) is 0 Å². The maximum absolute atomic E-state index is 12.9. The summed E-state index contributed by atoms with van der Waals surface area (Å²) in [6.45, 7) is 3.86. The molecule has 1 aliphatic rings. The van der Waals surface area contributed by atoms with Crippen molar-refractivity contribution in [2.75, 3.05) is 19.5 Å². The molecular weight excluding hydrogens is 402 g/mol. The number of benzene rings is 2. The van der Waals surface area contributed by atoms with E-state index < -0.39 is 23.8 Å². The Hall–Kier alpha value is -3.05. The third kappa shape index (κ3) is 4.41. The van der Waals surface area contributed by atoms with E-state index in [1.807, 2.05) is 50.2 Å². The number of hydrogen-bond donors (Lipinski definition) is 1. The van der Waals surface area contributed by atoms with Crippen molar-refractivity contribution in [3.63, 3.8) is 0 Å². The van der Waals surface area contributed by atoms with E-state index in [-0.39, 0.29) is 0 Å². The Morgan fingerprint density at radius 2 is 1.57 bits per heavy atom. The van der Waals surface area contributed by atoms with Crippen molar-refractivity contribution < 1.29 is 19.1 Å². The summed E-state index contributed by atoms with van der Waals surface area (Å²) in [6, 6.07) is 14.9. The number of carbonyl (C=O) groups is 2. The van der Waals surface area contributed by atoms with E-state index in [0.717, 1.165) is 22.4 Å². The molecule has 2 aromatic rings. The van der Waals surface area contributed by atoms with Crippen LogP contribution in [-0.2, 0) is 19.1 Å². The molecule has 0 bridgehead atoms. The Kier molecular flexibility index (Phi) is 6.63. The molecule has 0 amide bonds. The van der Waals surface area contributed by atoms with Gasteiger partial charge in [-0.3, -0.25) is 4.79 Å². The summed E-state index contributed by atoms with van der Waals surface area (Å²) in [6.07, 6.45) is 1.81. The van der Waals surface area contributed by atoms with Crippen molar-refractivity contribution in [3.05, 3.63) is 87.6 Å². The topological polar surface area (TPSA) is 64.6 Å². The molecule has 0 aromatic heterocycles. The highest BCUT2D eigenvalue weighted by atomic mass is 35.5. The van der Waals surface area contributed by atoms with Crippen LogP contribution in [0.4, 0.5) is 5.69 Å². The number of hydrogen-bond acceptors (Lipinski definition) is 5. The number of rotatable bonds is 5. The highest BCUT2D eigenvalue weighted by molar-refractivity contribution is 6.30. The van der Waals surface area contributed by atoms with Crippen LogP contribution in [0.15, 0.2) is 71.5 Å². The molecule has 0 saturated heterocycles. The molecule has 0 unspecified atom stereocenters. The summed E-state index contributed by atoms with van der Waals surface area (Å²) >= 11 is 6.06. The van der Waals surface area contributed by atoms with Crippen LogP contribution >= 0.6 is 11.6 Å². The van der Waals surface area contributed by atoms with Gasteiger partial charge in [0.1, 0.15) is 0 Å². The number of nitrogens with one attached hydrogen (secondary N) is 1. The van der Waals surface area contributed by atoms with Crippen LogP contribution in [0.25, 0.3) is 0 Å². The van der Waals surface area contributed by atoms with Crippen LogP contribution in [0.3, 0.4) is 0 Å². The standard InChI is InChI=1S/C24H24ClNO4/c1-14-5-11-18(12-6-14)26-19-13-15(2)20(23(27)29-3)21(22(19)24(28)30-4)16-7-9-17(25)10-8-16/h5-13,20-21,26H,1-4H3/t20-,21+/m1/s1. The Morgan fingerprint density at radius 1 is 0.933 bits per heavy atom. The fraction of sp³-hybridized carbons (Fsp3) is 0.250. The van der Waals surface area contributed by atoms with Gasteiger partial charge in [0, 0.05) is 22.3 Å². The summed E-state index contributed by atoms with van der Waals surface area (Å²) in [5.41, 5.74) is 4.45. The monoisotopic (exact) mass is 425 g/mol. The Balaban J connectivity index is 2.19. The lowest BCUT2D eigenvalue weighted by Gasteiger charge is -2.33. The second kappa shape index (κ2) is 9.18. The maximum atomic E-state index is 12.9. The van der Waals surface area contributed by atoms with Gasteiger partial charge in [-0.1, -0.05) is 47.0 Å². The summed E-state index contributed by atoms with van der Waals surface area (Å²) in [5.74, 6) is -2.17. The first-order valence-electron chi connectivity index (χ1n) is 9.53. The van der Waals surface area contributed by atoms with Crippen molar-refractivity contribution in [2.24, 2.45) is 5.92 Å². The van der Waals surface area contributed by atoms with Gasteiger partial charge in [0.05, 0.1) is 25.7 Å². The predicted molar refractivity (Wildman–Crippen MR) is 117 cm³/mol. The molecular formula is C24H24ClNO4. The molecule has 2 atom stereocenters. The zero-order chi connectivity index (χ0) is 21.8. The number of allylic oxidation sites excluding steroid dienone is 1. The van der Waals surface area contributed by atoms with Crippen LogP contribution in [0.2, 0.25) is 5.02 Å². The third-order valence-corrected chi connectivity index (χ3v) is 5.47. The number of carbonyl (C=O) groups excluding carboxylic acids is 2. The van der Waals surface area contributed by atoms with Gasteiger partial charge < -0.3 is 14.8 Å². The van der Waals surface area contributed by atoms with Crippen molar-refractivity contribution in [3.8, 4) is 0 Å². The van der Waals surface area contributed by atoms with Crippen molar-refractivity contribution in [2.45, 2.75) is 19.8 Å². The van der Waals surface area contributed by atoms with Crippen molar-refractivity contribution in [1.82, 2.24) is 0 Å². The molecule has 0 spiro atoms. The fourth-order valence-electron chi connectivity index (χ4n) is 3.71. The molecule has 0 radical (unpaired) electrons. The second-order valence-corrected chi connectivity index (χ2v) is 7.66. The van der Waals surface area contributed by atoms with Gasteiger partial charge in [-0.25, -0.2) is 4.79 Å². The number of halogens is 1. The number of ether oxygens (including phenoxy) is 2. The summed E-state index contributed by atoms with van der Waals surface area (Å²) in [5, 5.41) is 3.88. The lowest BCUT2D eigenvalue weighted by atomic mass is 9.73. The molecule has 0 saturated carbocycles. The largest absolute Gasteiger partial charge is 0.469 e. The predicted octanol–water partition coefficient (Wildman–Crippen LogP) is 5.02. The van der Waals surface area contributed by atoms with E-state index in [1.54, 1.807) is 18.2 Å². The van der Waals surface area contributed by atoms with Crippen LogP contribution in [0.5, 0.6) is 0 Å². The smallest absolute Gasteiger partial charge is 0.336 e. The highest BCUT2D eigenvalue weighted by Gasteiger charge is 2.41. The first-order chi connectivity index (χ1) is 14.3. The molecule has 2 aromatic carbocycles. The molecule has 0 fully saturated rings. The summed E-state index contributed by atoms with van der Waals surface area (Å²) in [4.78, 5) is 25.6. The fourth-order valence-corrected chi connectivity index (χ4v) is 3.84. The quantitative estimate of drug-likeness (QED) is 0.681. The van der Waals surface area contributed by atoms with Gasteiger partial charge in [-0.05, 0) is 49.8 Å². The average Bonchev–Trinajstić information content (AvgIpc) is 2.74. The van der Waals surface area contributed by atoms with Crippen LogP contribution in [0, 0.1) is 12.8 Å². The number of anilines is 1. The van der Waals surface area contributed by atoms with E-state index in [4.69, 9.17) is 21.1 Å². The maximum Gasteiger partial charge on any atom is 0.336 e. The van der Waals surface area contributed by atoms with Crippen molar-refractivity contribution >= 4 is 29.2 Å². The number of aryl methyl sites for hydroxylation is 1. The molecule has 6 heteroatoms. The van der Waals surface area contributed by atoms with Gasteiger partial charge in [0.15, 0.2) is 0 Å². The lowest BCUT2D eigenvalue weighted by Crippen LogP contribution is -2.33. The lowest BCUT2D eigenvalue weighted by molar-refractivity contribution is -0.144. The molecule has 1 aliphatic carbocycles. The van der Waals surface area contributed by atoms with Gasteiger partial charge in [0.25, 0.3) is 0 Å². The minimum absolute atomic E-state index is 0.362. The van der Waals surface area contributed by atoms with Gasteiger partial charge >= 0.3 is 11.9 Å². The molecule has 5 nitrogen and oxygen atoms in total. The van der Waals surface area contributed by atoms with E-state index in [9.17, 15) is 9.59 Å². The zero-order valence-corrected chi connectivity index (χ0v) is 18.1. The number of esters is 2. The molecule has 0 aliphatic heterocycles. The van der Waals surface area contributed by atoms with Crippen molar-refractivity contribution in [1.29, 1.82) is 0 Å². The van der Waals surface area contributed by atoms with E-state index in [1.165, 1.54) is 14.2 Å². The van der Waals surface area contributed by atoms with Crippen LogP contribution < -0.4 is 5.32 Å². The molecule has 0 heterocycles. The minimum Gasteiger partial charge on any atom is -0.469 e. The first kappa shape index (κ1) is 21.7. The van der Waals surface area contributed by atoms with Crippen LogP contribution in [0.1, 0.15) is 24.0 Å². The Labute approximate surface area is 181 Å². The molecule has 1 N–H and O–H groups in total. The second-order valence-electron chi connectivity index (χ2n) is 7.23. The van der Waals surface area contributed by atoms with E-state index in [0.29, 0.717) is 16.3 Å². The Morgan fingerprint density at radius 3 is 2.13 bits per heavy atom. The summed E-state index contributed by atoms with van der Waals surface area (Å²) < 4.78 is 10.2. The minimum atomic E-state index is -0.658. The van der Waals surface area contributed by atoms with E-state index >= 15 is 0 Å². The van der Waals surface area contributed by atoms with Gasteiger partial charge in [-0.2, -0.15) is 0 Å².